The molecule has 6 nitrogen and oxygen atoms in total. The molecule has 0 aliphatic rings. The molecular formula is C14H2F26N2O4. The van der Waals surface area contributed by atoms with Crippen molar-refractivity contribution in [2.45, 2.75) is 72.0 Å². The van der Waals surface area contributed by atoms with E-state index in [0.29, 0.717) is 0 Å². The van der Waals surface area contributed by atoms with Crippen LogP contribution in [0.4, 0.5) is 124 Å². The van der Waals surface area contributed by atoms with Crippen molar-refractivity contribution in [1.82, 2.24) is 10.9 Å². The van der Waals surface area contributed by atoms with Crippen LogP contribution in [0.1, 0.15) is 0 Å². The first-order chi connectivity index (χ1) is 19.5. The molecule has 0 aromatic carbocycles. The summed E-state index contributed by atoms with van der Waals surface area (Å²) in [6, 6.07) is 0. The second-order valence-corrected chi connectivity index (χ2v) is 7.65. The van der Waals surface area contributed by atoms with E-state index < -0.39 is 84.1 Å². The van der Waals surface area contributed by atoms with E-state index in [4.69, 9.17) is 0 Å². The van der Waals surface area contributed by atoms with E-state index >= 15 is 0 Å². The molecule has 32 heteroatoms. The molecule has 0 saturated heterocycles. The van der Waals surface area contributed by atoms with Gasteiger partial charge in [-0.3, -0.25) is 0 Å². The number of halogens is 26. The first-order valence-electron chi connectivity index (χ1n) is 9.39. The van der Waals surface area contributed by atoms with Gasteiger partial charge in [-0.25, -0.2) is 20.4 Å². The van der Waals surface area contributed by atoms with Crippen LogP contribution in [0.3, 0.4) is 0 Å². The Morgan fingerprint density at radius 2 is 0.478 bits per heavy atom. The molecule has 0 radical (unpaired) electrons. The normalized spacial score (nSPS) is 15.8. The number of hydrogen-bond donors (Lipinski definition) is 2. The molecule has 2 amide bonds. The van der Waals surface area contributed by atoms with Crippen molar-refractivity contribution in [2.75, 3.05) is 0 Å². The van der Waals surface area contributed by atoms with Gasteiger partial charge in [0.2, 0.25) is 0 Å². The van der Waals surface area contributed by atoms with Crippen LogP contribution >= 0.6 is 0 Å². The van der Waals surface area contributed by atoms with Crippen molar-refractivity contribution in [2.24, 2.45) is 0 Å². The molecule has 0 aliphatic carbocycles. The van der Waals surface area contributed by atoms with Gasteiger partial charge in [-0.15, -0.1) is 0 Å². The molecule has 46 heavy (non-hydrogen) atoms. The number of carbonyl (C=O) groups is 2. The number of hydrazine groups is 1. The van der Waals surface area contributed by atoms with Gasteiger partial charge in [0.25, 0.3) is 0 Å². The molecule has 274 valence electrons. The SMILES string of the molecule is O=C(NNC(=O)OC(F)(F)C(F)(F)C(F)(F)C(F)(F)C(F)(F)C(F)(F)F)OC(F)(F)C(F)(F)C(F)(F)C(F)(F)C(F)(F)C(F)(F)F. The maximum atomic E-state index is 13.3. The minimum atomic E-state index is -8.60. The average Bonchev–Trinajstić information content (AvgIpc) is 2.79. The Labute approximate surface area is 229 Å². The number of carbonyl (C=O) groups excluding carboxylic acids is 2. The quantitative estimate of drug-likeness (QED) is 0.177. The predicted molar refractivity (Wildman–Crippen MR) is 80.8 cm³/mol. The van der Waals surface area contributed by atoms with Crippen molar-refractivity contribution in [3.05, 3.63) is 0 Å². The molecule has 0 aromatic heterocycles. The molecule has 0 saturated carbocycles. The summed E-state index contributed by atoms with van der Waals surface area (Å²) in [5, 5.41) is 0. The molecule has 0 atom stereocenters. The molecule has 0 spiro atoms. The lowest BCUT2D eigenvalue weighted by molar-refractivity contribution is -0.459. The zero-order valence-electron chi connectivity index (χ0n) is 19.5. The number of nitrogens with one attached hydrogen (secondary N) is 2. The van der Waals surface area contributed by atoms with Gasteiger partial charge < -0.3 is 9.47 Å². The minimum absolute atomic E-state index is 0.300. The number of rotatable bonds is 10. The fourth-order valence-corrected chi connectivity index (χ4v) is 2.02. The fraction of sp³-hybridized carbons (Fsp3) is 0.857. The van der Waals surface area contributed by atoms with Crippen molar-refractivity contribution < 1.29 is 133 Å². The summed E-state index contributed by atoms with van der Waals surface area (Å²) < 4.78 is 338. The third kappa shape index (κ3) is 6.21. The standard InChI is InChI=1S/C14H2F26N2O4/c15-3(16,7(23,24)11(31,32)33)5(19,20)9(27,28)13(37,38)45-1(43)41-42-2(44)46-14(39,40)10(29,30)6(21,22)4(17,18)8(25,26)12(34,35)36/h(H,41,43)(H,42,44). The number of alkyl halides is 26. The van der Waals surface area contributed by atoms with E-state index in [1.807, 2.05) is 9.47 Å². The zero-order valence-corrected chi connectivity index (χ0v) is 19.5. The Morgan fingerprint density at radius 3 is 0.652 bits per heavy atom. The van der Waals surface area contributed by atoms with Crippen molar-refractivity contribution >= 4 is 12.2 Å². The van der Waals surface area contributed by atoms with Crippen molar-refractivity contribution in [3.63, 3.8) is 0 Å². The summed E-state index contributed by atoms with van der Waals surface area (Å²) in [6.07, 6.45) is -39.0. The molecule has 0 rings (SSSR count). The van der Waals surface area contributed by atoms with Gasteiger partial charge in [-0.1, -0.05) is 0 Å². The van der Waals surface area contributed by atoms with Crippen LogP contribution in [0.2, 0.25) is 0 Å². The van der Waals surface area contributed by atoms with Crippen LogP contribution in [0.15, 0.2) is 0 Å². The van der Waals surface area contributed by atoms with Gasteiger partial charge >= 0.3 is 84.1 Å². The summed E-state index contributed by atoms with van der Waals surface area (Å²) in [7, 11) is 0. The lowest BCUT2D eigenvalue weighted by atomic mass is 9.97. The van der Waals surface area contributed by atoms with E-state index in [0.717, 1.165) is 0 Å². The van der Waals surface area contributed by atoms with Crippen molar-refractivity contribution in [1.29, 1.82) is 0 Å². The maximum Gasteiger partial charge on any atom is 0.474 e. The number of amides is 2. The summed E-state index contributed by atoms with van der Waals surface area (Å²) in [4.78, 5) is 21.8. The van der Waals surface area contributed by atoms with Crippen LogP contribution in [0.25, 0.3) is 0 Å². The maximum absolute atomic E-state index is 13.3. The highest BCUT2D eigenvalue weighted by atomic mass is 19.4. The molecule has 0 heterocycles. The summed E-state index contributed by atoms with van der Waals surface area (Å²) >= 11 is 0. The zero-order chi connectivity index (χ0) is 38.0. The second kappa shape index (κ2) is 11.2. The smallest absolute Gasteiger partial charge is 0.378 e. The van der Waals surface area contributed by atoms with Crippen LogP contribution in [0, 0.1) is 0 Å². The third-order valence-electron chi connectivity index (χ3n) is 4.52. The largest absolute Gasteiger partial charge is 0.474 e. The lowest BCUT2D eigenvalue weighted by Crippen LogP contribution is -2.71. The Bertz CT molecular complexity index is 1050. The lowest BCUT2D eigenvalue weighted by Gasteiger charge is -2.39. The minimum Gasteiger partial charge on any atom is -0.378 e. The molecular weight excluding hydrogens is 754 g/mol. The van der Waals surface area contributed by atoms with Crippen molar-refractivity contribution in [3.8, 4) is 0 Å². The van der Waals surface area contributed by atoms with E-state index in [-0.39, 0.29) is 10.9 Å². The second-order valence-electron chi connectivity index (χ2n) is 7.65. The highest BCUT2D eigenvalue weighted by Gasteiger charge is 2.93. The molecule has 0 unspecified atom stereocenters. The van der Waals surface area contributed by atoms with Gasteiger partial charge in [0.1, 0.15) is 0 Å². The van der Waals surface area contributed by atoms with Gasteiger partial charge in [-0.2, -0.15) is 114 Å². The molecule has 0 aromatic rings. The molecule has 2 N–H and O–H groups in total. The summed E-state index contributed by atoms with van der Waals surface area (Å²) in [6.45, 7) is 0. The summed E-state index contributed by atoms with van der Waals surface area (Å²) in [5.74, 6) is -67.6. The number of ether oxygens (including phenoxy) is 2. The van der Waals surface area contributed by atoms with Gasteiger partial charge in [0, 0.05) is 0 Å². The Kier molecular flexibility index (Phi) is 10.4. The highest BCUT2D eigenvalue weighted by molar-refractivity contribution is 5.74. The van der Waals surface area contributed by atoms with Gasteiger partial charge in [-0.05, 0) is 0 Å². The third-order valence-corrected chi connectivity index (χ3v) is 4.52. The van der Waals surface area contributed by atoms with E-state index in [9.17, 15) is 124 Å². The predicted octanol–water partition coefficient (Wildman–Crippen LogP) is 7.75. The number of hydrogen-bond acceptors (Lipinski definition) is 4. The topological polar surface area (TPSA) is 76.7 Å². The Morgan fingerprint density at radius 1 is 0.304 bits per heavy atom. The first-order valence-corrected chi connectivity index (χ1v) is 9.39. The van der Waals surface area contributed by atoms with E-state index in [2.05, 4.69) is 0 Å². The molecule has 0 aliphatic heterocycles. The monoisotopic (exact) mass is 756 g/mol. The van der Waals surface area contributed by atoms with Crippen LogP contribution in [0.5, 0.6) is 0 Å². The first kappa shape index (κ1) is 42.7. The van der Waals surface area contributed by atoms with E-state index in [1.54, 1.807) is 0 Å². The molecule has 0 fully saturated rings. The van der Waals surface area contributed by atoms with Crippen LogP contribution in [-0.2, 0) is 9.47 Å². The molecule has 0 bridgehead atoms. The van der Waals surface area contributed by atoms with E-state index in [1.165, 1.54) is 0 Å². The van der Waals surface area contributed by atoms with Crippen LogP contribution in [-0.4, -0.2) is 84.1 Å². The van der Waals surface area contributed by atoms with Gasteiger partial charge in [0.15, 0.2) is 0 Å². The average molecular weight is 756 g/mol. The Hall–Kier alpha value is -3.28. The highest BCUT2D eigenvalue weighted by Crippen LogP contribution is 2.62. The Balaban J connectivity index is 6.00. The summed E-state index contributed by atoms with van der Waals surface area (Å²) in [5.41, 5.74) is -0.599. The van der Waals surface area contributed by atoms with Crippen LogP contribution < -0.4 is 10.9 Å². The van der Waals surface area contributed by atoms with Gasteiger partial charge in [0.05, 0.1) is 0 Å². The fourth-order valence-electron chi connectivity index (χ4n) is 2.02.